The van der Waals surface area contributed by atoms with Crippen LogP contribution in [0.2, 0.25) is 0 Å². The van der Waals surface area contributed by atoms with Gasteiger partial charge >= 0.3 is 0 Å². The van der Waals surface area contributed by atoms with Crippen molar-refractivity contribution in [3.8, 4) is 0 Å². The molecule has 2 aromatic heterocycles. The highest BCUT2D eigenvalue weighted by atomic mass is 32.1. The van der Waals surface area contributed by atoms with Gasteiger partial charge in [0, 0.05) is 58.5 Å². The first-order chi connectivity index (χ1) is 23.2. The van der Waals surface area contributed by atoms with Gasteiger partial charge in [0.25, 0.3) is 23.6 Å². The molecule has 8 rings (SSSR count). The smallest absolute Gasteiger partial charge is 0.262 e. The summed E-state index contributed by atoms with van der Waals surface area (Å²) in [5.41, 5.74) is 3.59. The molecule has 0 spiro atoms. The summed E-state index contributed by atoms with van der Waals surface area (Å²) in [6.07, 6.45) is 0. The summed E-state index contributed by atoms with van der Waals surface area (Å²) in [6.45, 7) is 3.88. The fraction of sp³-hybridized carbons (Fsp3) is 0.128. The van der Waals surface area contributed by atoms with Crippen molar-refractivity contribution in [1.82, 2.24) is 15.5 Å². The van der Waals surface area contributed by atoms with Crippen LogP contribution < -0.4 is 10.6 Å². The molecule has 0 radical (unpaired) electrons. The Morgan fingerprint density at radius 2 is 0.958 bits per heavy atom. The lowest BCUT2D eigenvalue weighted by atomic mass is 9.95. The molecule has 4 amide bonds. The van der Waals surface area contributed by atoms with E-state index in [1.807, 2.05) is 98.8 Å². The van der Waals surface area contributed by atoms with E-state index < -0.39 is 0 Å². The van der Waals surface area contributed by atoms with Crippen LogP contribution in [0.1, 0.15) is 78.5 Å². The largest absolute Gasteiger partial charge is 0.345 e. The van der Waals surface area contributed by atoms with Crippen LogP contribution in [0.25, 0.3) is 40.3 Å². The van der Waals surface area contributed by atoms with E-state index in [9.17, 15) is 19.2 Å². The van der Waals surface area contributed by atoms with Gasteiger partial charge in [0.2, 0.25) is 0 Å². The fourth-order valence-electron chi connectivity index (χ4n) is 6.77. The van der Waals surface area contributed by atoms with Gasteiger partial charge in [0.15, 0.2) is 0 Å². The van der Waals surface area contributed by atoms with Crippen molar-refractivity contribution in [2.24, 2.45) is 0 Å². The second kappa shape index (κ2) is 11.4. The van der Waals surface area contributed by atoms with Crippen molar-refractivity contribution in [3.05, 3.63) is 130 Å². The molecule has 7 aromatic rings. The van der Waals surface area contributed by atoms with Crippen molar-refractivity contribution in [2.45, 2.75) is 25.9 Å². The molecule has 0 aliphatic carbocycles. The third-order valence-corrected chi connectivity index (χ3v) is 11.6. The van der Waals surface area contributed by atoms with Crippen LogP contribution >= 0.6 is 22.7 Å². The quantitative estimate of drug-likeness (QED) is 0.174. The third kappa shape index (κ3) is 4.53. The Bertz CT molecular complexity index is 2310. The number of hydrogen-bond acceptors (Lipinski definition) is 6. The lowest BCUT2D eigenvalue weighted by Crippen LogP contribution is -2.26. The highest BCUT2D eigenvalue weighted by Crippen LogP contribution is 2.51. The van der Waals surface area contributed by atoms with Crippen molar-refractivity contribution in [3.63, 3.8) is 0 Å². The first kappa shape index (κ1) is 30.0. The number of benzene rings is 5. The number of nitrogens with one attached hydrogen (secondary N) is 2. The molecule has 5 aromatic carbocycles. The van der Waals surface area contributed by atoms with E-state index in [0.29, 0.717) is 53.2 Å². The standard InChI is InChI=1S/C39H29N3O4S2/c1-20(22-12-6-4-7-13-22)40-36(43)24-16-10-18-26-28(24)30-31-29-25(37(44)41-21(2)23-14-8-5-9-15-23)17-11-19-27(29)48-35(31)33-32(34(30)47-26)38(45)42(3)39(33)46/h4-21H,1-3H3,(H,40,43)(H,41,44). The van der Waals surface area contributed by atoms with E-state index in [1.165, 1.54) is 29.7 Å². The van der Waals surface area contributed by atoms with Crippen LogP contribution in [0.5, 0.6) is 0 Å². The molecule has 7 nitrogen and oxygen atoms in total. The van der Waals surface area contributed by atoms with Gasteiger partial charge in [-0.2, -0.15) is 0 Å². The van der Waals surface area contributed by atoms with Gasteiger partial charge in [-0.3, -0.25) is 24.1 Å². The first-order valence-corrected chi connectivity index (χ1v) is 17.3. The number of nitrogens with zero attached hydrogens (tertiary/aromatic N) is 1. The van der Waals surface area contributed by atoms with Crippen LogP contribution in [0.3, 0.4) is 0 Å². The average molecular weight is 668 g/mol. The SMILES string of the molecule is CC(NC(=O)c1cccc2sc3c4c(c5sc6cccc(C(=O)NC(C)c7ccccc7)c6c5c3c12)C(=O)N(C)C4=O)c1ccccc1. The number of amides is 4. The molecule has 0 saturated heterocycles. The Hall–Kier alpha value is -5.38. The predicted molar refractivity (Wildman–Crippen MR) is 193 cm³/mol. The van der Waals surface area contributed by atoms with E-state index in [4.69, 9.17) is 0 Å². The third-order valence-electron chi connectivity index (χ3n) is 9.21. The maximum atomic E-state index is 14.1. The molecule has 1 aliphatic rings. The number of rotatable bonds is 6. The zero-order chi connectivity index (χ0) is 33.3. The normalized spacial score (nSPS) is 14.2. The molecule has 1 aliphatic heterocycles. The molecule has 2 N–H and O–H groups in total. The van der Waals surface area contributed by atoms with Crippen molar-refractivity contribution in [2.75, 3.05) is 7.05 Å². The second-order valence-corrected chi connectivity index (χ2v) is 14.2. The van der Waals surface area contributed by atoms with Gasteiger partial charge in [0.05, 0.1) is 23.2 Å². The summed E-state index contributed by atoms with van der Waals surface area (Å²) in [5, 5.41) is 9.13. The molecule has 48 heavy (non-hydrogen) atoms. The van der Waals surface area contributed by atoms with Crippen LogP contribution in [-0.4, -0.2) is 35.6 Å². The van der Waals surface area contributed by atoms with Gasteiger partial charge < -0.3 is 10.6 Å². The maximum absolute atomic E-state index is 14.1. The van der Waals surface area contributed by atoms with Crippen molar-refractivity contribution >= 4 is 86.6 Å². The highest BCUT2D eigenvalue weighted by molar-refractivity contribution is 7.28. The van der Waals surface area contributed by atoms with Gasteiger partial charge in [-0.15, -0.1) is 22.7 Å². The van der Waals surface area contributed by atoms with Crippen LogP contribution in [0, 0.1) is 0 Å². The molecule has 2 atom stereocenters. The summed E-state index contributed by atoms with van der Waals surface area (Å²) in [7, 11) is 1.50. The number of carbonyl (C=O) groups is 4. The molecule has 9 heteroatoms. The van der Waals surface area contributed by atoms with E-state index in [0.717, 1.165) is 25.4 Å². The summed E-state index contributed by atoms with van der Waals surface area (Å²) in [4.78, 5) is 56.6. The van der Waals surface area contributed by atoms with Gasteiger partial charge in [0.1, 0.15) is 0 Å². The minimum absolute atomic E-state index is 0.250. The van der Waals surface area contributed by atoms with Crippen LogP contribution in [0.15, 0.2) is 97.1 Å². The fourth-order valence-corrected chi connectivity index (χ4v) is 9.32. The number of fused-ring (bicyclic) bond motifs is 10. The molecule has 0 saturated carbocycles. The molecule has 0 fully saturated rings. The Morgan fingerprint density at radius 3 is 1.35 bits per heavy atom. The maximum Gasteiger partial charge on any atom is 0.262 e. The zero-order valence-electron chi connectivity index (χ0n) is 26.3. The predicted octanol–water partition coefficient (Wildman–Crippen LogP) is 8.63. The van der Waals surface area contributed by atoms with Crippen molar-refractivity contribution in [1.29, 1.82) is 0 Å². The Labute approximate surface area is 283 Å². The highest BCUT2D eigenvalue weighted by Gasteiger charge is 2.39. The van der Waals surface area contributed by atoms with E-state index in [2.05, 4.69) is 10.6 Å². The minimum atomic E-state index is -0.371. The first-order valence-electron chi connectivity index (χ1n) is 15.6. The minimum Gasteiger partial charge on any atom is -0.345 e. The lowest BCUT2D eigenvalue weighted by Gasteiger charge is -2.16. The molecular formula is C39H29N3O4S2. The molecular weight excluding hydrogens is 639 g/mol. The molecule has 2 unspecified atom stereocenters. The van der Waals surface area contributed by atoms with E-state index in [-0.39, 0.29) is 35.7 Å². The summed E-state index contributed by atoms with van der Waals surface area (Å²) >= 11 is 2.79. The summed E-state index contributed by atoms with van der Waals surface area (Å²) in [5.74, 6) is -1.24. The second-order valence-electron chi connectivity index (χ2n) is 12.1. The topological polar surface area (TPSA) is 95.6 Å². The lowest BCUT2D eigenvalue weighted by molar-refractivity contribution is 0.0693. The number of hydrogen-bond donors (Lipinski definition) is 2. The molecule has 0 bridgehead atoms. The Morgan fingerprint density at radius 1 is 0.562 bits per heavy atom. The van der Waals surface area contributed by atoms with Gasteiger partial charge in [-0.25, -0.2) is 0 Å². The van der Waals surface area contributed by atoms with Crippen molar-refractivity contribution < 1.29 is 19.2 Å². The van der Waals surface area contributed by atoms with Crippen LogP contribution in [-0.2, 0) is 0 Å². The average Bonchev–Trinajstić information content (AvgIpc) is 3.75. The Balaban J connectivity index is 1.40. The molecule has 236 valence electrons. The monoisotopic (exact) mass is 667 g/mol. The van der Waals surface area contributed by atoms with Crippen LogP contribution in [0.4, 0.5) is 0 Å². The summed E-state index contributed by atoms with van der Waals surface area (Å²) in [6, 6.07) is 30.2. The zero-order valence-corrected chi connectivity index (χ0v) is 27.9. The van der Waals surface area contributed by atoms with Gasteiger partial charge in [-0.05, 0) is 49.2 Å². The van der Waals surface area contributed by atoms with E-state index >= 15 is 0 Å². The summed E-state index contributed by atoms with van der Waals surface area (Å²) < 4.78 is 2.90. The van der Waals surface area contributed by atoms with E-state index in [1.54, 1.807) is 12.1 Å². The van der Waals surface area contributed by atoms with Gasteiger partial charge in [-0.1, -0.05) is 72.8 Å². The number of thiophene rings is 2. The molecule has 3 heterocycles. The number of imide groups is 1. The Kier molecular flexibility index (Phi) is 7.12. The number of carbonyl (C=O) groups excluding carboxylic acids is 4.